The molecule has 0 amide bonds. The Hall–Kier alpha value is -1.20. The van der Waals surface area contributed by atoms with Crippen molar-refractivity contribution in [2.24, 2.45) is 0 Å². The van der Waals surface area contributed by atoms with Gasteiger partial charge < -0.3 is 4.57 Å². The number of hydrogen-bond donors (Lipinski definition) is 0. The van der Waals surface area contributed by atoms with Crippen LogP contribution in [0.4, 0.5) is 0 Å². The molecule has 0 unspecified atom stereocenters. The molecule has 1 aromatic heterocycles. The number of nitrogens with zero attached hydrogens (tertiary/aromatic N) is 2. The summed E-state index contributed by atoms with van der Waals surface area (Å²) in [5, 5.41) is 8.58. The van der Waals surface area contributed by atoms with E-state index < -0.39 is 0 Å². The lowest BCUT2D eigenvalue weighted by Crippen LogP contribution is -1.95. The van der Waals surface area contributed by atoms with E-state index in [2.05, 4.69) is 6.07 Å². The average molecular weight is 167 g/mol. The highest BCUT2D eigenvalue weighted by Gasteiger charge is 1.94. The highest BCUT2D eigenvalue weighted by Crippen LogP contribution is 2.00. The van der Waals surface area contributed by atoms with Crippen molar-refractivity contribution in [3.05, 3.63) is 35.6 Å². The smallest absolute Gasteiger partial charge is 0.120 e. The predicted octanol–water partition coefficient (Wildman–Crippen LogP) is 2.11. The van der Waals surface area contributed by atoms with Crippen molar-refractivity contribution >= 4 is 11.6 Å². The van der Waals surface area contributed by atoms with E-state index in [1.165, 1.54) is 5.54 Å². The summed E-state index contributed by atoms with van der Waals surface area (Å²) in [6.07, 6.45) is 3.62. The first kappa shape index (κ1) is 7.90. The van der Waals surface area contributed by atoms with Crippen LogP contribution >= 0.6 is 11.6 Å². The fraction of sp³-hybridized carbons (Fsp3) is 0.125. The van der Waals surface area contributed by atoms with Gasteiger partial charge in [-0.25, -0.2) is 0 Å². The van der Waals surface area contributed by atoms with Gasteiger partial charge >= 0.3 is 0 Å². The number of halogens is 1. The van der Waals surface area contributed by atoms with E-state index >= 15 is 0 Å². The van der Waals surface area contributed by atoms with Crippen LogP contribution in [-0.2, 0) is 6.54 Å². The lowest BCUT2D eigenvalue weighted by molar-refractivity contribution is 0.817. The highest BCUT2D eigenvalue weighted by molar-refractivity contribution is 6.25. The maximum Gasteiger partial charge on any atom is 0.120 e. The van der Waals surface area contributed by atoms with Crippen LogP contribution in [0.1, 0.15) is 5.69 Å². The van der Waals surface area contributed by atoms with Crippen molar-refractivity contribution in [2.75, 3.05) is 0 Å². The minimum Gasteiger partial charge on any atom is -0.336 e. The Morgan fingerprint density at radius 2 is 2.55 bits per heavy atom. The molecule has 3 heteroatoms. The first-order valence-electron chi connectivity index (χ1n) is 3.19. The molecule has 2 nitrogen and oxygen atoms in total. The van der Waals surface area contributed by atoms with Gasteiger partial charge in [0.05, 0.1) is 0 Å². The van der Waals surface area contributed by atoms with Gasteiger partial charge in [-0.05, 0) is 12.1 Å². The van der Waals surface area contributed by atoms with Crippen molar-refractivity contribution in [2.45, 2.75) is 6.54 Å². The van der Waals surface area contributed by atoms with Crippen LogP contribution in [0.5, 0.6) is 0 Å². The molecule has 0 aromatic carbocycles. The van der Waals surface area contributed by atoms with Gasteiger partial charge in [-0.2, -0.15) is 5.26 Å². The van der Waals surface area contributed by atoms with Crippen LogP contribution in [0.3, 0.4) is 0 Å². The van der Waals surface area contributed by atoms with Crippen molar-refractivity contribution < 1.29 is 0 Å². The second-order valence-electron chi connectivity index (χ2n) is 2.02. The van der Waals surface area contributed by atoms with Gasteiger partial charge in [0.1, 0.15) is 11.8 Å². The predicted molar refractivity (Wildman–Crippen MR) is 44.1 cm³/mol. The van der Waals surface area contributed by atoms with Gasteiger partial charge in [0.2, 0.25) is 0 Å². The monoisotopic (exact) mass is 166 g/mol. The van der Waals surface area contributed by atoms with E-state index in [9.17, 15) is 0 Å². The number of aromatic nitrogens is 1. The molecule has 0 N–H and O–H groups in total. The summed E-state index contributed by atoms with van der Waals surface area (Å²) < 4.78 is 1.82. The first-order valence-corrected chi connectivity index (χ1v) is 3.62. The fourth-order valence-corrected chi connectivity index (χ4v) is 0.908. The standard InChI is InChI=1S/C8H7ClN2/c9-4-2-6-11-5-1-3-8(11)7-10/h1-5H,6H2/b4-2+. The Balaban J connectivity index is 2.78. The van der Waals surface area contributed by atoms with Crippen molar-refractivity contribution in [1.82, 2.24) is 4.57 Å². The molecule has 1 heterocycles. The van der Waals surface area contributed by atoms with Gasteiger partial charge in [-0.15, -0.1) is 0 Å². The molecule has 1 rings (SSSR count). The maximum absolute atomic E-state index is 8.58. The van der Waals surface area contributed by atoms with Gasteiger partial charge in [-0.3, -0.25) is 0 Å². The Bertz CT molecular complexity index is 293. The summed E-state index contributed by atoms with van der Waals surface area (Å²) >= 11 is 5.34. The largest absolute Gasteiger partial charge is 0.336 e. The minimum absolute atomic E-state index is 0.652. The van der Waals surface area contributed by atoms with Gasteiger partial charge in [0.15, 0.2) is 0 Å². The molecule has 56 valence electrons. The van der Waals surface area contributed by atoms with E-state index in [-0.39, 0.29) is 0 Å². The fourth-order valence-electron chi connectivity index (χ4n) is 0.828. The first-order chi connectivity index (χ1) is 5.38. The molecular formula is C8H7ClN2. The maximum atomic E-state index is 8.58. The van der Waals surface area contributed by atoms with E-state index in [1.807, 2.05) is 16.8 Å². The molecule has 0 aliphatic rings. The number of nitriles is 1. The molecule has 0 radical (unpaired) electrons. The summed E-state index contributed by atoms with van der Waals surface area (Å²) in [5.74, 6) is 0. The topological polar surface area (TPSA) is 28.7 Å². The van der Waals surface area contributed by atoms with Crippen LogP contribution in [0, 0.1) is 11.3 Å². The van der Waals surface area contributed by atoms with Gasteiger partial charge in [-0.1, -0.05) is 17.7 Å². The minimum atomic E-state index is 0.652. The zero-order valence-electron chi connectivity index (χ0n) is 5.87. The summed E-state index contributed by atoms with van der Waals surface area (Å²) in [6, 6.07) is 5.67. The zero-order chi connectivity index (χ0) is 8.10. The number of allylic oxidation sites excluding steroid dienone is 1. The van der Waals surface area contributed by atoms with Crippen LogP contribution in [0.25, 0.3) is 0 Å². The summed E-state index contributed by atoms with van der Waals surface area (Å²) in [4.78, 5) is 0. The lowest BCUT2D eigenvalue weighted by Gasteiger charge is -1.96. The lowest BCUT2D eigenvalue weighted by atomic mass is 10.4. The Morgan fingerprint density at radius 1 is 1.73 bits per heavy atom. The molecule has 0 aliphatic carbocycles. The number of hydrogen-bond acceptors (Lipinski definition) is 1. The molecule has 0 spiro atoms. The molecule has 0 saturated heterocycles. The van der Waals surface area contributed by atoms with Crippen LogP contribution in [-0.4, -0.2) is 4.57 Å². The van der Waals surface area contributed by atoms with Crippen LogP contribution < -0.4 is 0 Å². The van der Waals surface area contributed by atoms with Crippen molar-refractivity contribution in [3.8, 4) is 6.07 Å². The molecule has 0 fully saturated rings. The highest BCUT2D eigenvalue weighted by atomic mass is 35.5. The molecular weight excluding hydrogens is 160 g/mol. The summed E-state index contributed by atoms with van der Waals surface area (Å²) in [6.45, 7) is 0.652. The summed E-state index contributed by atoms with van der Waals surface area (Å²) in [7, 11) is 0. The third-order valence-electron chi connectivity index (χ3n) is 1.34. The van der Waals surface area contributed by atoms with Crippen LogP contribution in [0.15, 0.2) is 29.9 Å². The third kappa shape index (κ3) is 1.86. The molecule has 0 aliphatic heterocycles. The third-order valence-corrected chi connectivity index (χ3v) is 1.51. The molecule has 0 saturated carbocycles. The molecule has 11 heavy (non-hydrogen) atoms. The Kier molecular flexibility index (Phi) is 2.76. The van der Waals surface area contributed by atoms with E-state index in [4.69, 9.17) is 16.9 Å². The summed E-state index contributed by atoms with van der Waals surface area (Å²) in [5.41, 5.74) is 2.10. The second kappa shape index (κ2) is 3.85. The Morgan fingerprint density at radius 3 is 3.18 bits per heavy atom. The molecule has 0 atom stereocenters. The Labute approximate surface area is 70.3 Å². The van der Waals surface area contributed by atoms with Crippen molar-refractivity contribution in [1.29, 1.82) is 5.26 Å². The van der Waals surface area contributed by atoms with E-state index in [0.29, 0.717) is 12.2 Å². The average Bonchev–Trinajstić information content (AvgIpc) is 2.47. The SMILES string of the molecule is N#Cc1cccn1C/C=C/Cl. The van der Waals surface area contributed by atoms with E-state index in [0.717, 1.165) is 0 Å². The zero-order valence-corrected chi connectivity index (χ0v) is 6.62. The van der Waals surface area contributed by atoms with Crippen molar-refractivity contribution in [3.63, 3.8) is 0 Å². The van der Waals surface area contributed by atoms with E-state index in [1.54, 1.807) is 12.1 Å². The quantitative estimate of drug-likeness (QED) is 0.662. The molecule has 1 aromatic rings. The normalized spacial score (nSPS) is 10.2. The van der Waals surface area contributed by atoms with Gasteiger partial charge in [0.25, 0.3) is 0 Å². The van der Waals surface area contributed by atoms with Gasteiger partial charge in [0, 0.05) is 18.3 Å². The second-order valence-corrected chi connectivity index (χ2v) is 2.27. The number of rotatable bonds is 2. The molecule has 0 bridgehead atoms. The van der Waals surface area contributed by atoms with Crippen LogP contribution in [0.2, 0.25) is 0 Å².